The molecule has 0 spiro atoms. The van der Waals surface area contributed by atoms with E-state index in [1.54, 1.807) is 6.20 Å². The van der Waals surface area contributed by atoms with Crippen LogP contribution >= 0.6 is 0 Å². The van der Waals surface area contributed by atoms with Gasteiger partial charge >= 0.3 is 12.1 Å². The number of aryl methyl sites for hydroxylation is 1. The van der Waals surface area contributed by atoms with Crippen molar-refractivity contribution in [3.8, 4) is 0 Å². The summed E-state index contributed by atoms with van der Waals surface area (Å²) < 4.78 is 39.5. The van der Waals surface area contributed by atoms with Gasteiger partial charge in [0.1, 0.15) is 17.2 Å². The Morgan fingerprint density at radius 1 is 1.24 bits per heavy atom. The van der Waals surface area contributed by atoms with Gasteiger partial charge in [-0.1, -0.05) is 0 Å². The quantitative estimate of drug-likeness (QED) is 0.551. The number of hydrogen-bond donors (Lipinski definition) is 2. The highest BCUT2D eigenvalue weighted by Crippen LogP contribution is 2.24. The zero-order valence-corrected chi connectivity index (χ0v) is 18.2. The average Bonchev–Trinajstić information content (AvgIpc) is 3.43. The minimum atomic E-state index is -5.08. The third kappa shape index (κ3) is 6.88. The predicted molar refractivity (Wildman–Crippen MR) is 111 cm³/mol. The van der Waals surface area contributed by atoms with E-state index in [1.807, 2.05) is 31.3 Å². The molecule has 0 radical (unpaired) electrons. The van der Waals surface area contributed by atoms with E-state index in [0.717, 1.165) is 37.6 Å². The number of aliphatic carboxylic acids is 1. The van der Waals surface area contributed by atoms with Crippen molar-refractivity contribution in [3.05, 3.63) is 65.9 Å². The van der Waals surface area contributed by atoms with E-state index < -0.39 is 12.1 Å². The second kappa shape index (κ2) is 10.9. The van der Waals surface area contributed by atoms with Crippen molar-refractivity contribution in [1.29, 1.82) is 0 Å². The van der Waals surface area contributed by atoms with Crippen molar-refractivity contribution in [2.75, 3.05) is 13.1 Å². The van der Waals surface area contributed by atoms with Crippen LogP contribution in [0, 0.1) is 6.92 Å². The molecular weight excluding hydrogens is 457 g/mol. The van der Waals surface area contributed by atoms with Crippen molar-refractivity contribution >= 4 is 11.9 Å². The predicted octanol–water partition coefficient (Wildman–Crippen LogP) is 2.58. The molecule has 0 fully saturated rings. The summed E-state index contributed by atoms with van der Waals surface area (Å²) in [6.07, 6.45) is 2.07. The number of furan rings is 1. The molecule has 4 heterocycles. The van der Waals surface area contributed by atoms with Gasteiger partial charge in [-0.15, -0.1) is 0 Å². The van der Waals surface area contributed by atoms with E-state index in [2.05, 4.69) is 30.0 Å². The Kier molecular flexibility index (Phi) is 7.99. The van der Waals surface area contributed by atoms with Gasteiger partial charge in [0.05, 0.1) is 24.5 Å². The molecule has 1 unspecified atom stereocenters. The molecule has 0 saturated heterocycles. The Hall–Kier alpha value is -3.74. The lowest BCUT2D eigenvalue weighted by molar-refractivity contribution is -0.192. The van der Waals surface area contributed by atoms with Crippen LogP contribution < -0.4 is 5.32 Å². The van der Waals surface area contributed by atoms with Gasteiger partial charge in [0.25, 0.3) is 5.91 Å². The highest BCUT2D eigenvalue weighted by Gasteiger charge is 2.38. The molecule has 1 amide bonds. The topological polar surface area (TPSA) is 126 Å². The molecule has 4 rings (SSSR count). The number of nitrogens with zero attached hydrogens (tertiary/aromatic N) is 5. The normalized spacial score (nSPS) is 15.7. The van der Waals surface area contributed by atoms with E-state index in [4.69, 9.17) is 14.3 Å². The third-order valence-corrected chi connectivity index (χ3v) is 4.93. The Balaban J connectivity index is 0.000000406. The van der Waals surface area contributed by atoms with Crippen LogP contribution in [0.4, 0.5) is 13.2 Å². The third-order valence-electron chi connectivity index (χ3n) is 4.93. The van der Waals surface area contributed by atoms with E-state index in [1.165, 1.54) is 18.1 Å². The number of nitrogens with one attached hydrogen (secondary N) is 1. The number of hydrogen-bond acceptors (Lipinski definition) is 7. The SMILES string of the molecule is Cc1ccc(CN2Cc3ccnn3C(CCNC(=O)c3cnccn3)C2)o1.O=C(O)C(F)(F)F. The van der Waals surface area contributed by atoms with Gasteiger partial charge in [0.15, 0.2) is 0 Å². The summed E-state index contributed by atoms with van der Waals surface area (Å²) in [5.74, 6) is -1.07. The first-order chi connectivity index (χ1) is 16.1. The molecule has 0 bridgehead atoms. The van der Waals surface area contributed by atoms with E-state index >= 15 is 0 Å². The molecule has 1 atom stereocenters. The zero-order valence-electron chi connectivity index (χ0n) is 18.2. The van der Waals surface area contributed by atoms with Crippen molar-refractivity contribution in [2.45, 2.75) is 38.7 Å². The highest BCUT2D eigenvalue weighted by atomic mass is 19.4. The lowest BCUT2D eigenvalue weighted by Crippen LogP contribution is -2.39. The molecule has 0 aromatic carbocycles. The standard InChI is InChI=1S/C19H22N6O2.C2HF3O2/c1-14-2-3-17(27-14)13-24-11-15(25-16(12-24)5-7-23-25)4-6-22-19(26)18-10-20-8-9-21-18;3-2(4,5)1(6)7/h2-3,5,7-10,15H,4,6,11-13H2,1H3,(H,22,26);(H,6,7). The van der Waals surface area contributed by atoms with Crippen LogP contribution in [0.15, 0.2) is 47.4 Å². The minimum Gasteiger partial charge on any atom is -0.475 e. The van der Waals surface area contributed by atoms with Gasteiger partial charge in [-0.2, -0.15) is 18.3 Å². The molecule has 0 aliphatic carbocycles. The Morgan fingerprint density at radius 3 is 2.62 bits per heavy atom. The molecule has 1 aliphatic heterocycles. The van der Waals surface area contributed by atoms with Crippen LogP contribution in [-0.2, 0) is 17.9 Å². The number of carbonyl (C=O) groups is 2. The summed E-state index contributed by atoms with van der Waals surface area (Å²) in [7, 11) is 0. The summed E-state index contributed by atoms with van der Waals surface area (Å²) in [5.41, 5.74) is 1.51. The summed E-state index contributed by atoms with van der Waals surface area (Å²) in [5, 5.41) is 14.5. The Labute approximate surface area is 192 Å². The average molecular weight is 480 g/mol. The van der Waals surface area contributed by atoms with Crippen LogP contribution in [0.1, 0.15) is 40.2 Å². The van der Waals surface area contributed by atoms with Gasteiger partial charge in [-0.05, 0) is 31.5 Å². The van der Waals surface area contributed by atoms with Gasteiger partial charge in [-0.25, -0.2) is 9.78 Å². The molecule has 34 heavy (non-hydrogen) atoms. The number of rotatable bonds is 6. The van der Waals surface area contributed by atoms with Gasteiger partial charge in [-0.3, -0.25) is 19.4 Å². The van der Waals surface area contributed by atoms with E-state index in [0.29, 0.717) is 12.2 Å². The fourth-order valence-electron chi connectivity index (χ4n) is 3.45. The number of fused-ring (bicyclic) bond motifs is 1. The number of alkyl halides is 3. The maximum Gasteiger partial charge on any atom is 0.490 e. The summed E-state index contributed by atoms with van der Waals surface area (Å²) in [6, 6.07) is 6.26. The second-order valence-electron chi connectivity index (χ2n) is 7.54. The Morgan fingerprint density at radius 2 is 2.00 bits per heavy atom. The first kappa shape index (κ1) is 24.9. The summed E-state index contributed by atoms with van der Waals surface area (Å²) >= 11 is 0. The number of carboxylic acids is 1. The molecule has 2 N–H and O–H groups in total. The fourth-order valence-corrected chi connectivity index (χ4v) is 3.45. The van der Waals surface area contributed by atoms with Gasteiger partial charge in [0, 0.05) is 38.2 Å². The van der Waals surface area contributed by atoms with E-state index in [-0.39, 0.29) is 11.9 Å². The largest absolute Gasteiger partial charge is 0.490 e. The first-order valence-corrected chi connectivity index (χ1v) is 10.3. The molecule has 3 aromatic rings. The smallest absolute Gasteiger partial charge is 0.475 e. The number of amides is 1. The maximum atomic E-state index is 12.1. The lowest BCUT2D eigenvalue weighted by atomic mass is 10.1. The van der Waals surface area contributed by atoms with Gasteiger partial charge in [0.2, 0.25) is 0 Å². The van der Waals surface area contributed by atoms with Crippen molar-refractivity contribution in [3.63, 3.8) is 0 Å². The van der Waals surface area contributed by atoms with Crippen LogP contribution in [0.2, 0.25) is 0 Å². The number of halogens is 3. The lowest BCUT2D eigenvalue weighted by Gasteiger charge is -2.33. The van der Waals surface area contributed by atoms with Gasteiger partial charge < -0.3 is 14.8 Å². The van der Waals surface area contributed by atoms with E-state index in [9.17, 15) is 18.0 Å². The summed E-state index contributed by atoms with van der Waals surface area (Å²) in [6.45, 7) is 4.96. The molecule has 182 valence electrons. The molecular formula is C21H23F3N6O4. The molecule has 0 saturated carbocycles. The van der Waals surface area contributed by atoms with Crippen LogP contribution in [-0.4, -0.2) is 60.9 Å². The number of carboxylic acid groups (broad SMARTS) is 1. The monoisotopic (exact) mass is 480 g/mol. The van der Waals surface area contributed by atoms with Crippen LogP contribution in [0.25, 0.3) is 0 Å². The second-order valence-corrected chi connectivity index (χ2v) is 7.54. The zero-order chi connectivity index (χ0) is 24.7. The molecule has 13 heteroatoms. The Bertz CT molecular complexity index is 1100. The van der Waals surface area contributed by atoms with Crippen molar-refractivity contribution in [2.24, 2.45) is 0 Å². The molecule has 1 aliphatic rings. The fraction of sp³-hybridized carbons (Fsp3) is 0.381. The number of carbonyl (C=O) groups excluding carboxylic acids is 1. The minimum absolute atomic E-state index is 0.196. The van der Waals surface area contributed by atoms with Crippen molar-refractivity contribution < 1.29 is 32.3 Å². The van der Waals surface area contributed by atoms with Crippen LogP contribution in [0.3, 0.4) is 0 Å². The number of aromatic nitrogens is 4. The molecule has 3 aromatic heterocycles. The maximum absolute atomic E-state index is 12.1. The first-order valence-electron chi connectivity index (χ1n) is 10.3. The van der Waals surface area contributed by atoms with Crippen molar-refractivity contribution in [1.82, 2.24) is 30.0 Å². The highest BCUT2D eigenvalue weighted by molar-refractivity contribution is 5.91. The summed E-state index contributed by atoms with van der Waals surface area (Å²) in [4.78, 5) is 31.3. The molecule has 10 nitrogen and oxygen atoms in total. The van der Waals surface area contributed by atoms with Crippen LogP contribution in [0.5, 0.6) is 0 Å².